The van der Waals surface area contributed by atoms with Crippen LogP contribution in [0.5, 0.6) is 0 Å². The highest BCUT2D eigenvalue weighted by Gasteiger charge is 2.20. The van der Waals surface area contributed by atoms with E-state index in [2.05, 4.69) is 4.99 Å². The third-order valence-electron chi connectivity index (χ3n) is 2.12. The molecule has 0 fully saturated rings. The van der Waals surface area contributed by atoms with E-state index in [1.165, 1.54) is 23.5 Å². The van der Waals surface area contributed by atoms with Gasteiger partial charge in [-0.05, 0) is 29.7 Å². The van der Waals surface area contributed by atoms with Crippen molar-refractivity contribution in [3.05, 3.63) is 53.7 Å². The van der Waals surface area contributed by atoms with Gasteiger partial charge in [0.2, 0.25) is 5.12 Å². The lowest BCUT2D eigenvalue weighted by Gasteiger charge is -1.89. The number of carbonyl (C=O) groups excluding carboxylic acids is 1. The Labute approximate surface area is 109 Å². The van der Waals surface area contributed by atoms with Crippen molar-refractivity contribution in [2.75, 3.05) is 6.26 Å². The summed E-state index contributed by atoms with van der Waals surface area (Å²) in [6, 6.07) is 9.95. The molecule has 1 aliphatic rings. The number of rotatable bonds is 2. The lowest BCUT2D eigenvalue weighted by atomic mass is 10.2. The van der Waals surface area contributed by atoms with E-state index in [1.807, 2.05) is 48.7 Å². The van der Waals surface area contributed by atoms with E-state index < -0.39 is 0 Å². The Bertz CT molecular complexity index is 503. The molecular formula is C13H11NOS2. The first-order valence-electron chi connectivity index (χ1n) is 5.08. The lowest BCUT2D eigenvalue weighted by molar-refractivity contribution is -0.107. The Morgan fingerprint density at radius 1 is 1.29 bits per heavy atom. The maximum absolute atomic E-state index is 11.5. The van der Waals surface area contributed by atoms with Gasteiger partial charge in [-0.25, -0.2) is 4.99 Å². The molecule has 1 aromatic carbocycles. The summed E-state index contributed by atoms with van der Waals surface area (Å²) < 4.78 is 0.814. The molecule has 0 atom stereocenters. The highest BCUT2D eigenvalue weighted by atomic mass is 32.2. The van der Waals surface area contributed by atoms with E-state index in [9.17, 15) is 4.79 Å². The SMILES string of the molecule is CSC1=N/C(=C\C=C\c2ccccc2)C(=O)S1. The van der Waals surface area contributed by atoms with Crippen LogP contribution < -0.4 is 0 Å². The molecule has 1 heterocycles. The zero-order valence-corrected chi connectivity index (χ0v) is 10.9. The van der Waals surface area contributed by atoms with E-state index in [0.29, 0.717) is 5.70 Å². The number of benzene rings is 1. The maximum atomic E-state index is 11.5. The van der Waals surface area contributed by atoms with Crippen LogP contribution in [0.1, 0.15) is 5.56 Å². The van der Waals surface area contributed by atoms with Crippen LogP contribution in [0.2, 0.25) is 0 Å². The quantitative estimate of drug-likeness (QED) is 0.762. The molecule has 0 spiro atoms. The van der Waals surface area contributed by atoms with Gasteiger partial charge in [0.05, 0.1) is 0 Å². The monoisotopic (exact) mass is 261 g/mol. The Morgan fingerprint density at radius 2 is 2.06 bits per heavy atom. The topological polar surface area (TPSA) is 29.4 Å². The summed E-state index contributed by atoms with van der Waals surface area (Å²) in [4.78, 5) is 15.7. The molecule has 0 amide bonds. The van der Waals surface area contributed by atoms with Crippen molar-refractivity contribution in [1.29, 1.82) is 0 Å². The summed E-state index contributed by atoms with van der Waals surface area (Å²) in [6.45, 7) is 0. The van der Waals surface area contributed by atoms with Crippen molar-refractivity contribution in [1.82, 2.24) is 0 Å². The molecule has 0 aromatic heterocycles. The summed E-state index contributed by atoms with van der Waals surface area (Å²) in [5.41, 5.74) is 1.63. The van der Waals surface area contributed by atoms with Crippen LogP contribution in [-0.2, 0) is 4.79 Å². The van der Waals surface area contributed by atoms with Crippen molar-refractivity contribution in [3.8, 4) is 0 Å². The van der Waals surface area contributed by atoms with Crippen molar-refractivity contribution in [3.63, 3.8) is 0 Å². The summed E-state index contributed by atoms with van der Waals surface area (Å²) in [6.07, 6.45) is 7.49. The molecule has 17 heavy (non-hydrogen) atoms. The molecule has 4 heteroatoms. The highest BCUT2D eigenvalue weighted by Crippen LogP contribution is 2.28. The number of hydrogen-bond donors (Lipinski definition) is 0. The molecule has 0 radical (unpaired) electrons. The number of carbonyl (C=O) groups is 1. The van der Waals surface area contributed by atoms with Crippen LogP contribution in [-0.4, -0.2) is 15.7 Å². The Kier molecular flexibility index (Phi) is 4.23. The predicted molar refractivity (Wildman–Crippen MR) is 77.1 cm³/mol. The largest absolute Gasteiger partial charge is 0.279 e. The third kappa shape index (κ3) is 3.35. The minimum absolute atomic E-state index is 0.0204. The standard InChI is InChI=1S/C13H11NOS2/c1-16-13-14-11(12(15)17-13)9-5-8-10-6-3-2-4-7-10/h2-9H,1H3/b8-5+,11-9-. The van der Waals surface area contributed by atoms with E-state index in [4.69, 9.17) is 0 Å². The average molecular weight is 261 g/mol. The molecule has 86 valence electrons. The second kappa shape index (κ2) is 5.89. The van der Waals surface area contributed by atoms with Crippen molar-refractivity contribution >= 4 is 39.1 Å². The van der Waals surface area contributed by atoms with Crippen LogP contribution in [0.25, 0.3) is 6.08 Å². The molecule has 0 N–H and O–H groups in total. The third-order valence-corrected chi connectivity index (χ3v) is 3.97. The fraction of sp³-hybridized carbons (Fsp3) is 0.0769. The van der Waals surface area contributed by atoms with E-state index in [-0.39, 0.29) is 5.12 Å². The normalized spacial score (nSPS) is 18.1. The van der Waals surface area contributed by atoms with Crippen molar-refractivity contribution in [2.45, 2.75) is 0 Å². The molecule has 0 saturated carbocycles. The van der Waals surface area contributed by atoms with Crippen LogP contribution in [0.3, 0.4) is 0 Å². The first kappa shape index (κ1) is 12.2. The van der Waals surface area contributed by atoms with Gasteiger partial charge >= 0.3 is 0 Å². The molecule has 0 bridgehead atoms. The first-order valence-corrected chi connectivity index (χ1v) is 7.12. The van der Waals surface area contributed by atoms with Gasteiger partial charge in [-0.3, -0.25) is 4.79 Å². The zero-order chi connectivity index (χ0) is 12.1. The van der Waals surface area contributed by atoms with Crippen LogP contribution in [0.15, 0.2) is 53.2 Å². The Hall–Kier alpha value is -1.26. The van der Waals surface area contributed by atoms with Gasteiger partial charge in [0, 0.05) is 0 Å². The number of aliphatic imine (C=N–C) groups is 1. The number of nitrogens with zero attached hydrogens (tertiary/aromatic N) is 1. The fourth-order valence-corrected chi connectivity index (χ4v) is 2.58. The van der Waals surface area contributed by atoms with E-state index >= 15 is 0 Å². The minimum atomic E-state index is 0.0204. The molecule has 2 nitrogen and oxygen atoms in total. The van der Waals surface area contributed by atoms with Gasteiger partial charge in [0.1, 0.15) is 10.1 Å². The summed E-state index contributed by atoms with van der Waals surface area (Å²) in [7, 11) is 0. The molecule has 0 saturated heterocycles. The smallest absolute Gasteiger partial charge is 0.244 e. The van der Waals surface area contributed by atoms with E-state index in [0.717, 1.165) is 9.94 Å². The van der Waals surface area contributed by atoms with Crippen LogP contribution in [0, 0.1) is 0 Å². The lowest BCUT2D eigenvalue weighted by Crippen LogP contribution is -1.86. The number of hydrogen-bond acceptors (Lipinski definition) is 4. The van der Waals surface area contributed by atoms with Gasteiger partial charge in [-0.15, -0.1) is 11.8 Å². The molecule has 0 aliphatic carbocycles. The average Bonchev–Trinajstić information content (AvgIpc) is 2.72. The molecular weight excluding hydrogens is 250 g/mol. The molecule has 1 aromatic rings. The predicted octanol–water partition coefficient (Wildman–Crippen LogP) is 3.58. The summed E-state index contributed by atoms with van der Waals surface area (Å²) in [5, 5.41) is 0.0204. The fourth-order valence-electron chi connectivity index (χ4n) is 1.31. The van der Waals surface area contributed by atoms with Gasteiger partial charge < -0.3 is 0 Å². The second-order valence-electron chi connectivity index (χ2n) is 3.29. The number of thioether (sulfide) groups is 2. The number of allylic oxidation sites excluding steroid dienone is 2. The summed E-state index contributed by atoms with van der Waals surface area (Å²) in [5.74, 6) is 0. The zero-order valence-electron chi connectivity index (χ0n) is 9.29. The van der Waals surface area contributed by atoms with Crippen molar-refractivity contribution in [2.24, 2.45) is 4.99 Å². The van der Waals surface area contributed by atoms with E-state index in [1.54, 1.807) is 6.08 Å². The van der Waals surface area contributed by atoms with Gasteiger partial charge in [0.25, 0.3) is 0 Å². The van der Waals surface area contributed by atoms with Gasteiger partial charge in [0.15, 0.2) is 0 Å². The Balaban J connectivity index is 2.09. The highest BCUT2D eigenvalue weighted by molar-refractivity contribution is 8.45. The van der Waals surface area contributed by atoms with Crippen molar-refractivity contribution < 1.29 is 4.79 Å². The summed E-state index contributed by atoms with van der Waals surface area (Å²) >= 11 is 2.69. The maximum Gasteiger partial charge on any atom is 0.244 e. The Morgan fingerprint density at radius 3 is 2.71 bits per heavy atom. The molecule has 2 rings (SSSR count). The minimum Gasteiger partial charge on any atom is -0.279 e. The first-order chi connectivity index (χ1) is 8.29. The molecule has 1 aliphatic heterocycles. The van der Waals surface area contributed by atoms with Crippen LogP contribution >= 0.6 is 23.5 Å². The second-order valence-corrected chi connectivity index (χ2v) is 5.31. The van der Waals surface area contributed by atoms with Gasteiger partial charge in [-0.2, -0.15) is 0 Å². The van der Waals surface area contributed by atoms with Gasteiger partial charge in [-0.1, -0.05) is 42.5 Å². The van der Waals surface area contributed by atoms with Crippen LogP contribution in [0.4, 0.5) is 0 Å². The molecule has 0 unspecified atom stereocenters.